The maximum absolute atomic E-state index is 7.25. The van der Waals surface area contributed by atoms with Crippen molar-refractivity contribution in [2.24, 2.45) is 0 Å². The van der Waals surface area contributed by atoms with Crippen molar-refractivity contribution in [1.29, 1.82) is 0 Å². The number of methoxy groups -OCH3 is 1. The van der Waals surface area contributed by atoms with Crippen LogP contribution in [0.15, 0.2) is 60.7 Å². The molecule has 0 saturated carbocycles. The zero-order chi connectivity index (χ0) is 26.8. The van der Waals surface area contributed by atoms with Gasteiger partial charge in [0.05, 0.1) is 32.0 Å². The minimum atomic E-state index is -1.97. The van der Waals surface area contributed by atoms with Gasteiger partial charge in [-0.05, 0) is 52.7 Å². The molecule has 3 rings (SSSR count). The minimum Gasteiger partial charge on any atom is -0.497 e. The van der Waals surface area contributed by atoms with Gasteiger partial charge in [0.2, 0.25) is 8.32 Å². The van der Waals surface area contributed by atoms with E-state index in [1.165, 1.54) is 5.56 Å². The van der Waals surface area contributed by atoms with E-state index >= 15 is 0 Å². The third-order valence-electron chi connectivity index (χ3n) is 7.78. The zero-order valence-electron chi connectivity index (χ0n) is 24.0. The van der Waals surface area contributed by atoms with E-state index in [-0.39, 0.29) is 18.3 Å². The summed E-state index contributed by atoms with van der Waals surface area (Å²) >= 11 is 0. The van der Waals surface area contributed by atoms with Gasteiger partial charge < -0.3 is 18.6 Å². The second kappa shape index (κ2) is 14.3. The fraction of sp³-hybridized carbons (Fsp3) is 0.562. The molecule has 0 unspecified atom stereocenters. The Labute approximate surface area is 226 Å². The van der Waals surface area contributed by atoms with Crippen molar-refractivity contribution in [2.45, 2.75) is 102 Å². The van der Waals surface area contributed by atoms with E-state index < -0.39 is 8.32 Å². The molecule has 2 aromatic carbocycles. The van der Waals surface area contributed by atoms with E-state index in [0.717, 1.165) is 30.6 Å². The smallest absolute Gasteiger partial charge is 0.200 e. The molecule has 1 fully saturated rings. The molecular weight excluding hydrogens is 476 g/mol. The van der Waals surface area contributed by atoms with Crippen molar-refractivity contribution in [3.05, 3.63) is 71.8 Å². The van der Waals surface area contributed by atoms with E-state index in [1.807, 2.05) is 18.2 Å². The largest absolute Gasteiger partial charge is 0.497 e. The maximum Gasteiger partial charge on any atom is 0.200 e. The van der Waals surface area contributed by atoms with Crippen LogP contribution < -0.4 is 4.74 Å². The van der Waals surface area contributed by atoms with Gasteiger partial charge in [-0.3, -0.25) is 0 Å². The molecule has 1 saturated heterocycles. The number of benzene rings is 2. The monoisotopic (exact) mass is 524 g/mol. The lowest BCUT2D eigenvalue weighted by molar-refractivity contribution is -0.0832. The van der Waals surface area contributed by atoms with Crippen LogP contribution in [-0.4, -0.2) is 40.3 Å². The SMILES string of the molecule is COc1ccc(COCC[C@H]2C[C@@H](O[Si](C(C)C)(C(C)C)C(C)C)C[C@@H](/C=C/c3ccccc3)O2)cc1. The number of ether oxygens (including phenoxy) is 3. The Morgan fingerprint density at radius 3 is 2.14 bits per heavy atom. The van der Waals surface area contributed by atoms with Gasteiger partial charge >= 0.3 is 0 Å². The molecule has 0 N–H and O–H groups in total. The lowest BCUT2D eigenvalue weighted by atomic mass is 9.98. The normalized spacial score (nSPS) is 20.9. The van der Waals surface area contributed by atoms with Crippen LogP contribution in [0.2, 0.25) is 16.6 Å². The first-order valence-corrected chi connectivity index (χ1v) is 16.2. The minimum absolute atomic E-state index is 0.0451. The van der Waals surface area contributed by atoms with Crippen LogP contribution in [-0.2, 0) is 20.5 Å². The van der Waals surface area contributed by atoms with Crippen LogP contribution in [0.25, 0.3) is 6.08 Å². The molecule has 0 aromatic heterocycles. The van der Waals surface area contributed by atoms with Crippen molar-refractivity contribution in [2.75, 3.05) is 13.7 Å². The van der Waals surface area contributed by atoms with Gasteiger partial charge in [0.25, 0.3) is 0 Å². The van der Waals surface area contributed by atoms with E-state index in [1.54, 1.807) is 7.11 Å². The number of hydrogen-bond acceptors (Lipinski definition) is 4. The molecule has 4 nitrogen and oxygen atoms in total. The average Bonchev–Trinajstić information content (AvgIpc) is 2.89. The topological polar surface area (TPSA) is 36.9 Å². The van der Waals surface area contributed by atoms with E-state index in [2.05, 4.69) is 90.1 Å². The molecule has 5 heteroatoms. The van der Waals surface area contributed by atoms with Gasteiger partial charge in [0.1, 0.15) is 5.75 Å². The molecule has 0 aliphatic carbocycles. The lowest BCUT2D eigenvalue weighted by Crippen LogP contribution is -2.52. The van der Waals surface area contributed by atoms with Gasteiger partial charge in [0.15, 0.2) is 0 Å². The summed E-state index contributed by atoms with van der Waals surface area (Å²) in [5.74, 6) is 0.865. The van der Waals surface area contributed by atoms with Crippen molar-refractivity contribution >= 4 is 14.4 Å². The van der Waals surface area contributed by atoms with E-state index in [0.29, 0.717) is 29.8 Å². The van der Waals surface area contributed by atoms with Crippen molar-refractivity contribution in [3.8, 4) is 5.75 Å². The maximum atomic E-state index is 7.25. The molecule has 1 heterocycles. The van der Waals surface area contributed by atoms with Gasteiger partial charge in [-0.25, -0.2) is 0 Å². The van der Waals surface area contributed by atoms with E-state index in [4.69, 9.17) is 18.6 Å². The quantitative estimate of drug-likeness (QED) is 0.195. The average molecular weight is 525 g/mol. The highest BCUT2D eigenvalue weighted by Crippen LogP contribution is 2.44. The Hall–Kier alpha value is -1.92. The van der Waals surface area contributed by atoms with Crippen molar-refractivity contribution < 1.29 is 18.6 Å². The van der Waals surface area contributed by atoms with Gasteiger partial charge in [-0.1, -0.05) is 96.2 Å². The molecule has 37 heavy (non-hydrogen) atoms. The van der Waals surface area contributed by atoms with Crippen LogP contribution in [0.5, 0.6) is 5.75 Å². The third-order valence-corrected chi connectivity index (χ3v) is 13.9. The summed E-state index contributed by atoms with van der Waals surface area (Å²) in [6.45, 7) is 15.4. The summed E-state index contributed by atoms with van der Waals surface area (Å²) in [6, 6.07) is 18.5. The van der Waals surface area contributed by atoms with Crippen LogP contribution in [0.4, 0.5) is 0 Å². The summed E-state index contributed by atoms with van der Waals surface area (Å²) in [7, 11) is -0.287. The van der Waals surface area contributed by atoms with Crippen molar-refractivity contribution in [1.82, 2.24) is 0 Å². The second-order valence-corrected chi connectivity index (χ2v) is 16.7. The van der Waals surface area contributed by atoms with Gasteiger partial charge in [-0.15, -0.1) is 0 Å². The first-order valence-electron chi connectivity index (χ1n) is 14.0. The fourth-order valence-corrected chi connectivity index (χ4v) is 11.6. The van der Waals surface area contributed by atoms with Crippen LogP contribution in [0.1, 0.15) is 71.9 Å². The lowest BCUT2D eigenvalue weighted by Gasteiger charge is -2.47. The number of rotatable bonds is 13. The summed E-state index contributed by atoms with van der Waals surface area (Å²) < 4.78 is 25.1. The van der Waals surface area contributed by atoms with Crippen molar-refractivity contribution in [3.63, 3.8) is 0 Å². The molecule has 0 amide bonds. The molecule has 0 spiro atoms. The van der Waals surface area contributed by atoms with Gasteiger partial charge in [0, 0.05) is 13.0 Å². The Kier molecular flexibility index (Phi) is 11.4. The summed E-state index contributed by atoms with van der Waals surface area (Å²) in [6.07, 6.45) is 7.50. The summed E-state index contributed by atoms with van der Waals surface area (Å²) in [4.78, 5) is 0. The molecule has 204 valence electrons. The zero-order valence-corrected chi connectivity index (χ0v) is 25.0. The highest BCUT2D eigenvalue weighted by atomic mass is 28.4. The predicted octanol–water partition coefficient (Wildman–Crippen LogP) is 8.42. The predicted molar refractivity (Wildman–Crippen MR) is 157 cm³/mol. The molecule has 0 bridgehead atoms. The van der Waals surface area contributed by atoms with Crippen LogP contribution >= 0.6 is 0 Å². The highest BCUT2D eigenvalue weighted by molar-refractivity contribution is 6.77. The van der Waals surface area contributed by atoms with Crippen LogP contribution in [0, 0.1) is 0 Å². The van der Waals surface area contributed by atoms with Gasteiger partial charge in [-0.2, -0.15) is 0 Å². The summed E-state index contributed by atoms with van der Waals surface area (Å²) in [5, 5.41) is 0. The Morgan fingerprint density at radius 1 is 0.892 bits per heavy atom. The molecule has 1 aliphatic rings. The second-order valence-electron chi connectivity index (χ2n) is 11.3. The third kappa shape index (κ3) is 8.28. The molecule has 2 aromatic rings. The highest BCUT2D eigenvalue weighted by Gasteiger charge is 2.47. The summed E-state index contributed by atoms with van der Waals surface area (Å²) in [5.41, 5.74) is 4.06. The number of hydrogen-bond donors (Lipinski definition) is 0. The fourth-order valence-electron chi connectivity index (χ4n) is 6.02. The molecule has 1 aliphatic heterocycles. The van der Waals surface area contributed by atoms with E-state index in [9.17, 15) is 0 Å². The first-order chi connectivity index (χ1) is 17.7. The standard InChI is InChI=1S/C32H48O4Si/c1-24(2)37(25(3)4,26(5)6)36-32-21-30(18-13-27-11-9-8-10-12-27)35-31(22-32)19-20-34-23-28-14-16-29(33-7)17-15-28/h8-18,24-26,30-32H,19-23H2,1-7H3/b18-13+/t30-,31+,32+/m1/s1. The molecule has 3 atom stereocenters. The Bertz CT molecular complexity index is 917. The van der Waals surface area contributed by atoms with Crippen LogP contribution in [0.3, 0.4) is 0 Å². The molecule has 0 radical (unpaired) electrons. The Morgan fingerprint density at radius 2 is 1.54 bits per heavy atom. The first kappa shape index (κ1) is 29.6. The molecular formula is C32H48O4Si. The Balaban J connectivity index is 1.67.